The predicted octanol–water partition coefficient (Wildman–Crippen LogP) is 1.13. The van der Waals surface area contributed by atoms with E-state index in [9.17, 15) is 29.1 Å². The van der Waals surface area contributed by atoms with E-state index in [0.717, 1.165) is 27.4 Å². The number of carbonyl (C=O) groups excluding carboxylic acids is 3. The van der Waals surface area contributed by atoms with Gasteiger partial charge in [0.15, 0.2) is 0 Å². The molecule has 15 nitrogen and oxygen atoms in total. The van der Waals surface area contributed by atoms with Crippen molar-refractivity contribution in [3.8, 4) is 0 Å². The van der Waals surface area contributed by atoms with Gasteiger partial charge in [0, 0.05) is 65.4 Å². The van der Waals surface area contributed by atoms with Gasteiger partial charge in [-0.1, -0.05) is 36.4 Å². The highest BCUT2D eigenvalue weighted by molar-refractivity contribution is 5.95. The predicted molar refractivity (Wildman–Crippen MR) is 175 cm³/mol. The number of aromatic amines is 3. The van der Waals surface area contributed by atoms with Gasteiger partial charge in [-0.05, 0) is 36.1 Å². The van der Waals surface area contributed by atoms with E-state index in [4.69, 9.17) is 10.8 Å². The molecule has 3 aromatic heterocycles. The quantitative estimate of drug-likeness (QED) is 0.0737. The molecule has 0 radical (unpaired) electrons. The van der Waals surface area contributed by atoms with Gasteiger partial charge in [0.05, 0.1) is 12.4 Å². The van der Waals surface area contributed by atoms with Crippen LogP contribution in [-0.4, -0.2) is 84.0 Å². The molecule has 5 rings (SSSR count). The summed E-state index contributed by atoms with van der Waals surface area (Å²) >= 11 is 0. The molecule has 15 heteroatoms. The summed E-state index contributed by atoms with van der Waals surface area (Å²) in [4.78, 5) is 76.9. The second-order valence-corrected chi connectivity index (χ2v) is 11.5. The molecule has 2 aromatic carbocycles. The van der Waals surface area contributed by atoms with Crippen molar-refractivity contribution in [3.05, 3.63) is 90.3 Å². The van der Waals surface area contributed by atoms with Crippen LogP contribution in [0.25, 0.3) is 21.8 Å². The van der Waals surface area contributed by atoms with Gasteiger partial charge < -0.3 is 46.8 Å². The maximum absolute atomic E-state index is 13.9. The largest absolute Gasteiger partial charge is 0.481 e. The van der Waals surface area contributed by atoms with E-state index >= 15 is 0 Å². The van der Waals surface area contributed by atoms with Crippen molar-refractivity contribution in [1.29, 1.82) is 0 Å². The van der Waals surface area contributed by atoms with Crippen molar-refractivity contribution in [2.75, 3.05) is 0 Å². The van der Waals surface area contributed by atoms with E-state index in [1.54, 1.807) is 12.4 Å². The first-order chi connectivity index (χ1) is 23.1. The Labute approximate surface area is 273 Å². The Morgan fingerprint density at radius 2 is 1.25 bits per heavy atom. The number of benzene rings is 2. The third kappa shape index (κ3) is 8.24. The molecule has 4 atom stereocenters. The average Bonchev–Trinajstić information content (AvgIpc) is 3.83. The summed E-state index contributed by atoms with van der Waals surface area (Å²) in [6.07, 6.45) is 5.65. The molecule has 0 aliphatic heterocycles. The van der Waals surface area contributed by atoms with Gasteiger partial charge in [-0.3, -0.25) is 19.2 Å². The number of nitrogens with two attached hydrogens (primary N) is 1. The fraction of sp³-hybridized carbons (Fsp3) is 0.273. The highest BCUT2D eigenvalue weighted by atomic mass is 16.4. The Morgan fingerprint density at radius 3 is 1.81 bits per heavy atom. The fourth-order valence-corrected chi connectivity index (χ4v) is 5.53. The van der Waals surface area contributed by atoms with E-state index in [-0.39, 0.29) is 25.7 Å². The maximum Gasteiger partial charge on any atom is 0.326 e. The molecule has 0 aliphatic carbocycles. The van der Waals surface area contributed by atoms with Gasteiger partial charge >= 0.3 is 11.9 Å². The van der Waals surface area contributed by atoms with E-state index in [0.29, 0.717) is 11.3 Å². The van der Waals surface area contributed by atoms with Gasteiger partial charge in [-0.25, -0.2) is 9.78 Å². The molecule has 48 heavy (non-hydrogen) atoms. The summed E-state index contributed by atoms with van der Waals surface area (Å²) < 4.78 is 0. The van der Waals surface area contributed by atoms with Crippen LogP contribution in [0, 0.1) is 0 Å². The lowest BCUT2D eigenvalue weighted by atomic mass is 10.0. The van der Waals surface area contributed by atoms with Crippen molar-refractivity contribution in [1.82, 2.24) is 35.9 Å². The third-order valence-corrected chi connectivity index (χ3v) is 8.06. The number of fused-ring (bicyclic) bond motifs is 2. The molecule has 0 saturated heterocycles. The van der Waals surface area contributed by atoms with Crippen LogP contribution in [0.1, 0.15) is 29.7 Å². The Balaban J connectivity index is 1.36. The number of hydrogen-bond donors (Lipinski definition) is 9. The van der Waals surface area contributed by atoms with Gasteiger partial charge in [-0.2, -0.15) is 0 Å². The van der Waals surface area contributed by atoms with Gasteiger partial charge in [-0.15, -0.1) is 0 Å². The number of carbonyl (C=O) groups is 5. The van der Waals surface area contributed by atoms with Crippen LogP contribution < -0.4 is 21.7 Å². The van der Waals surface area contributed by atoms with E-state index in [2.05, 4.69) is 35.9 Å². The number of carboxylic acids is 2. The molecule has 10 N–H and O–H groups in total. The second-order valence-electron chi connectivity index (χ2n) is 11.5. The molecule has 4 unspecified atom stereocenters. The first-order valence-electron chi connectivity index (χ1n) is 15.3. The fourth-order valence-electron chi connectivity index (χ4n) is 5.53. The van der Waals surface area contributed by atoms with Crippen LogP contribution >= 0.6 is 0 Å². The first-order valence-corrected chi connectivity index (χ1v) is 15.3. The average molecular weight is 657 g/mol. The molecular formula is C33H36N8O7. The van der Waals surface area contributed by atoms with Gasteiger partial charge in [0.25, 0.3) is 0 Å². The molecule has 3 amide bonds. The summed E-state index contributed by atoms with van der Waals surface area (Å²) in [7, 11) is 0. The lowest BCUT2D eigenvalue weighted by Crippen LogP contribution is -2.58. The lowest BCUT2D eigenvalue weighted by molar-refractivity contribution is -0.143. The minimum atomic E-state index is -1.51. The summed E-state index contributed by atoms with van der Waals surface area (Å²) in [6.45, 7) is 0. The molecule has 5 aromatic rings. The van der Waals surface area contributed by atoms with E-state index < -0.39 is 60.2 Å². The van der Waals surface area contributed by atoms with Gasteiger partial charge in [0.1, 0.15) is 18.1 Å². The van der Waals surface area contributed by atoms with Crippen molar-refractivity contribution >= 4 is 51.5 Å². The Hall–Kier alpha value is -5.96. The van der Waals surface area contributed by atoms with Crippen LogP contribution in [0.5, 0.6) is 0 Å². The number of nitrogens with one attached hydrogen (secondary N) is 6. The van der Waals surface area contributed by atoms with Crippen LogP contribution in [-0.2, 0) is 43.2 Å². The number of H-pyrrole nitrogens is 3. The number of imidazole rings is 1. The minimum Gasteiger partial charge on any atom is -0.481 e. The first kappa shape index (κ1) is 33.4. The highest BCUT2D eigenvalue weighted by Gasteiger charge is 2.32. The van der Waals surface area contributed by atoms with Crippen molar-refractivity contribution in [2.45, 2.75) is 56.3 Å². The van der Waals surface area contributed by atoms with Crippen molar-refractivity contribution in [3.63, 3.8) is 0 Å². The van der Waals surface area contributed by atoms with E-state index in [1.165, 1.54) is 12.5 Å². The summed E-state index contributed by atoms with van der Waals surface area (Å²) in [5.74, 6) is -4.81. The number of carboxylic acid groups (broad SMARTS) is 2. The monoisotopic (exact) mass is 656 g/mol. The number of nitrogens with zero attached hydrogens (tertiary/aromatic N) is 1. The lowest BCUT2D eigenvalue weighted by Gasteiger charge is -2.25. The zero-order valence-corrected chi connectivity index (χ0v) is 25.7. The number of aliphatic carboxylic acids is 2. The molecule has 0 bridgehead atoms. The highest BCUT2D eigenvalue weighted by Crippen LogP contribution is 2.20. The number of hydrogen-bond acceptors (Lipinski definition) is 7. The molecule has 0 aliphatic rings. The molecule has 250 valence electrons. The summed E-state index contributed by atoms with van der Waals surface area (Å²) in [5, 5.41) is 28.2. The summed E-state index contributed by atoms with van der Waals surface area (Å²) in [5.41, 5.74) is 10.0. The SMILES string of the molecule is NC(Cc1c[nH]c2ccccc12)C(=O)NC(Cc1cnc[nH]1)C(=O)NC(Cc1c[nH]c2ccccc12)C(=O)NC(CCC(=O)O)C(=O)O. The van der Waals surface area contributed by atoms with Crippen LogP contribution in [0.2, 0.25) is 0 Å². The normalized spacial score (nSPS) is 13.8. The van der Waals surface area contributed by atoms with Crippen LogP contribution in [0.4, 0.5) is 0 Å². The Kier molecular flexibility index (Phi) is 10.5. The Morgan fingerprint density at radius 1 is 0.708 bits per heavy atom. The number of para-hydroxylation sites is 2. The number of aromatic nitrogens is 4. The number of amides is 3. The minimum absolute atomic E-state index is 0.0187. The summed E-state index contributed by atoms with van der Waals surface area (Å²) in [6, 6.07) is 9.87. The zero-order chi connectivity index (χ0) is 34.2. The molecule has 0 spiro atoms. The van der Waals surface area contributed by atoms with Crippen LogP contribution in [0.15, 0.2) is 73.4 Å². The zero-order valence-electron chi connectivity index (χ0n) is 25.7. The molecule has 0 fully saturated rings. The number of rotatable bonds is 16. The molecule has 0 saturated carbocycles. The second kappa shape index (κ2) is 15.1. The smallest absolute Gasteiger partial charge is 0.326 e. The maximum atomic E-state index is 13.9. The van der Waals surface area contributed by atoms with E-state index in [1.807, 2.05) is 48.5 Å². The van der Waals surface area contributed by atoms with Crippen LogP contribution in [0.3, 0.4) is 0 Å². The van der Waals surface area contributed by atoms with Crippen molar-refractivity contribution < 1.29 is 34.2 Å². The van der Waals surface area contributed by atoms with Gasteiger partial charge in [0.2, 0.25) is 17.7 Å². The third-order valence-electron chi connectivity index (χ3n) is 8.06. The molecular weight excluding hydrogens is 620 g/mol. The topological polar surface area (TPSA) is 248 Å². The molecule has 3 heterocycles. The standard InChI is InChI=1S/C33H36N8O7/c34-23(11-18-14-36-24-7-3-1-5-21(18)24)30(44)40-28(13-20-16-35-17-38-20)32(46)41-27(12-19-15-37-25-8-4-2-6-22(19)25)31(45)39-26(33(47)48)9-10-29(42)43/h1-8,14-17,23,26-28,36-37H,9-13,34H2,(H,35,38)(H,39,45)(H,40,44)(H,41,46)(H,42,43)(H,47,48). The Bertz CT molecular complexity index is 1910. The van der Waals surface area contributed by atoms with Crippen molar-refractivity contribution in [2.24, 2.45) is 5.73 Å².